The first-order chi connectivity index (χ1) is 14.1. The van der Waals surface area contributed by atoms with Crippen LogP contribution in [0.25, 0.3) is 0 Å². The van der Waals surface area contributed by atoms with Crippen LogP contribution in [0, 0.1) is 0 Å². The summed E-state index contributed by atoms with van der Waals surface area (Å²) in [5, 5.41) is 0.530. The molecule has 1 spiro atoms. The van der Waals surface area contributed by atoms with Crippen molar-refractivity contribution in [3.05, 3.63) is 101 Å². The number of esters is 1. The van der Waals surface area contributed by atoms with Crippen LogP contribution < -0.4 is 4.90 Å². The first-order valence-corrected chi connectivity index (χ1v) is 9.90. The van der Waals surface area contributed by atoms with Gasteiger partial charge >= 0.3 is 5.97 Å². The molecule has 2 heterocycles. The monoisotopic (exact) mass is 403 g/mol. The van der Waals surface area contributed by atoms with Crippen LogP contribution in [0.4, 0.5) is 5.69 Å². The highest BCUT2D eigenvalue weighted by Crippen LogP contribution is 2.56. The zero-order valence-corrected chi connectivity index (χ0v) is 16.3. The van der Waals surface area contributed by atoms with E-state index in [0.717, 1.165) is 22.4 Å². The number of anilines is 1. The van der Waals surface area contributed by atoms with Gasteiger partial charge in [0.1, 0.15) is 0 Å². The fourth-order valence-electron chi connectivity index (χ4n) is 4.50. The van der Waals surface area contributed by atoms with Crippen molar-refractivity contribution in [1.82, 2.24) is 0 Å². The molecule has 144 valence electrons. The Labute approximate surface area is 173 Å². The maximum atomic E-state index is 13.8. The van der Waals surface area contributed by atoms with E-state index < -0.39 is 11.5 Å². The average Bonchev–Trinajstić information content (AvgIpc) is 3.20. The van der Waals surface area contributed by atoms with Crippen molar-refractivity contribution in [1.29, 1.82) is 0 Å². The largest absolute Gasteiger partial charge is 0.443 e. The summed E-state index contributed by atoms with van der Waals surface area (Å²) < 4.78 is 5.85. The second-order valence-corrected chi connectivity index (χ2v) is 7.79. The van der Waals surface area contributed by atoms with Crippen LogP contribution in [0.3, 0.4) is 0 Å². The Morgan fingerprint density at radius 1 is 0.931 bits per heavy atom. The van der Waals surface area contributed by atoms with Gasteiger partial charge < -0.3 is 9.64 Å². The van der Waals surface area contributed by atoms with Crippen molar-refractivity contribution in [2.45, 2.75) is 24.5 Å². The summed E-state index contributed by atoms with van der Waals surface area (Å²) in [6.07, 6.45) is 0.114. The van der Waals surface area contributed by atoms with Gasteiger partial charge in [-0.05, 0) is 23.3 Å². The second kappa shape index (κ2) is 6.75. The number of ether oxygens (including phenoxy) is 1. The smallest absolute Gasteiger partial charge is 0.308 e. The zero-order valence-electron chi connectivity index (χ0n) is 15.5. The number of rotatable bonds is 3. The van der Waals surface area contributed by atoms with Gasteiger partial charge in [-0.25, -0.2) is 0 Å². The van der Waals surface area contributed by atoms with Crippen LogP contribution in [-0.4, -0.2) is 11.9 Å². The van der Waals surface area contributed by atoms with Crippen LogP contribution in [-0.2, 0) is 26.5 Å². The molecule has 0 radical (unpaired) electrons. The van der Waals surface area contributed by atoms with E-state index in [1.54, 1.807) is 11.0 Å². The molecule has 3 aromatic rings. The molecule has 4 nitrogen and oxygen atoms in total. The van der Waals surface area contributed by atoms with Gasteiger partial charge in [0.25, 0.3) is 5.91 Å². The lowest BCUT2D eigenvalue weighted by Crippen LogP contribution is -2.43. The normalized spacial score (nSPS) is 22.8. The highest BCUT2D eigenvalue weighted by Gasteiger charge is 2.63. The van der Waals surface area contributed by atoms with Gasteiger partial charge in [-0.2, -0.15) is 0 Å². The average molecular weight is 404 g/mol. The Hall–Kier alpha value is -3.11. The lowest BCUT2D eigenvalue weighted by atomic mass is 9.78. The summed E-state index contributed by atoms with van der Waals surface area (Å²) in [6.45, 7) is 0.408. The Morgan fingerprint density at radius 3 is 2.41 bits per heavy atom. The Morgan fingerprint density at radius 2 is 1.62 bits per heavy atom. The number of carbonyl (C=O) groups is 2. The van der Waals surface area contributed by atoms with Gasteiger partial charge in [0.2, 0.25) is 5.60 Å². The van der Waals surface area contributed by atoms with Crippen LogP contribution in [0.5, 0.6) is 0 Å². The molecule has 1 amide bonds. The lowest BCUT2D eigenvalue weighted by molar-refractivity contribution is -0.158. The number of fused-ring (bicyclic) bond motifs is 2. The number of hydrogen-bond acceptors (Lipinski definition) is 3. The summed E-state index contributed by atoms with van der Waals surface area (Å²) in [5.74, 6) is -1.09. The van der Waals surface area contributed by atoms with Crippen molar-refractivity contribution in [2.75, 3.05) is 4.90 Å². The molecule has 2 aliphatic rings. The van der Waals surface area contributed by atoms with E-state index in [1.807, 2.05) is 72.8 Å². The number of halogens is 1. The minimum Gasteiger partial charge on any atom is -0.443 e. The molecule has 0 aromatic heterocycles. The third-order valence-corrected chi connectivity index (χ3v) is 6.10. The lowest BCUT2D eigenvalue weighted by Gasteiger charge is -2.29. The standard InChI is InChI=1S/C24H18ClNO3/c25-20-12-6-4-10-17(20)19-14-22(27)29-24(19)18-11-5-7-13-21(18)26(23(24)28)15-16-8-2-1-3-9-16/h1-13,19H,14-15H2/t19-,24+/m0/s1. The van der Waals surface area contributed by atoms with E-state index in [-0.39, 0.29) is 18.3 Å². The topological polar surface area (TPSA) is 46.6 Å². The molecule has 0 N–H and O–H groups in total. The fraction of sp³-hybridized carbons (Fsp3) is 0.167. The summed E-state index contributed by atoms with van der Waals surface area (Å²) in [7, 11) is 0. The summed E-state index contributed by atoms with van der Waals surface area (Å²) in [6, 6.07) is 24.7. The van der Waals surface area contributed by atoms with Crippen molar-refractivity contribution in [2.24, 2.45) is 0 Å². The van der Waals surface area contributed by atoms with Crippen molar-refractivity contribution in [3.8, 4) is 0 Å². The molecule has 1 saturated heterocycles. The summed E-state index contributed by atoms with van der Waals surface area (Å²) >= 11 is 6.46. The zero-order chi connectivity index (χ0) is 20.0. The van der Waals surface area contributed by atoms with E-state index >= 15 is 0 Å². The third kappa shape index (κ3) is 2.67. The second-order valence-electron chi connectivity index (χ2n) is 7.38. The molecule has 1 fully saturated rings. The predicted molar refractivity (Wildman–Crippen MR) is 111 cm³/mol. The maximum Gasteiger partial charge on any atom is 0.308 e. The van der Waals surface area contributed by atoms with Crippen LogP contribution >= 0.6 is 11.6 Å². The van der Waals surface area contributed by atoms with E-state index in [0.29, 0.717) is 11.6 Å². The summed E-state index contributed by atoms with van der Waals surface area (Å²) in [4.78, 5) is 28.0. The minimum absolute atomic E-state index is 0.114. The molecule has 2 atom stereocenters. The van der Waals surface area contributed by atoms with E-state index in [1.165, 1.54) is 0 Å². The number of nitrogens with zero attached hydrogens (tertiary/aromatic N) is 1. The van der Waals surface area contributed by atoms with Gasteiger partial charge in [0.05, 0.1) is 18.7 Å². The highest BCUT2D eigenvalue weighted by molar-refractivity contribution is 6.31. The first kappa shape index (κ1) is 18.0. The molecule has 2 aliphatic heterocycles. The maximum absolute atomic E-state index is 13.8. The molecule has 29 heavy (non-hydrogen) atoms. The first-order valence-electron chi connectivity index (χ1n) is 9.53. The SMILES string of the molecule is O=C1C[C@@H](c2ccccc2Cl)[C@@]2(O1)C(=O)N(Cc1ccccc1)c1ccccc12. The number of benzene rings is 3. The molecular weight excluding hydrogens is 386 g/mol. The molecule has 0 bridgehead atoms. The third-order valence-electron chi connectivity index (χ3n) is 5.76. The number of carbonyl (C=O) groups excluding carboxylic acids is 2. The van der Waals surface area contributed by atoms with E-state index in [2.05, 4.69) is 0 Å². The Kier molecular flexibility index (Phi) is 4.18. The molecular formula is C24H18ClNO3. The molecule has 5 rings (SSSR count). The van der Waals surface area contributed by atoms with Crippen molar-refractivity contribution < 1.29 is 14.3 Å². The number of hydrogen-bond donors (Lipinski definition) is 0. The van der Waals surface area contributed by atoms with Gasteiger partial charge in [-0.15, -0.1) is 0 Å². The van der Waals surface area contributed by atoms with Gasteiger partial charge in [-0.1, -0.05) is 78.3 Å². The fourth-order valence-corrected chi connectivity index (χ4v) is 4.76. The quantitative estimate of drug-likeness (QED) is 0.589. The molecule has 5 heteroatoms. The molecule has 0 saturated carbocycles. The van der Waals surface area contributed by atoms with Gasteiger partial charge in [-0.3, -0.25) is 9.59 Å². The minimum atomic E-state index is -1.38. The van der Waals surface area contributed by atoms with Gasteiger partial charge in [0, 0.05) is 16.5 Å². The summed E-state index contributed by atoms with van der Waals surface area (Å²) in [5.41, 5.74) is 1.87. The predicted octanol–water partition coefficient (Wildman–Crippen LogP) is 4.81. The Bertz CT molecular complexity index is 1110. The van der Waals surface area contributed by atoms with E-state index in [4.69, 9.17) is 16.3 Å². The van der Waals surface area contributed by atoms with Crippen LogP contribution in [0.2, 0.25) is 5.02 Å². The highest BCUT2D eigenvalue weighted by atomic mass is 35.5. The van der Waals surface area contributed by atoms with Gasteiger partial charge in [0.15, 0.2) is 0 Å². The number of amides is 1. The Balaban J connectivity index is 1.67. The van der Waals surface area contributed by atoms with Crippen molar-refractivity contribution in [3.63, 3.8) is 0 Å². The molecule has 3 aromatic carbocycles. The molecule has 0 aliphatic carbocycles. The van der Waals surface area contributed by atoms with Crippen LogP contribution in [0.15, 0.2) is 78.9 Å². The van der Waals surface area contributed by atoms with Crippen molar-refractivity contribution >= 4 is 29.2 Å². The number of para-hydroxylation sites is 1. The van der Waals surface area contributed by atoms with E-state index in [9.17, 15) is 9.59 Å². The molecule has 0 unspecified atom stereocenters. The van der Waals surface area contributed by atoms with Crippen LogP contribution in [0.1, 0.15) is 29.0 Å².